The van der Waals surface area contributed by atoms with Crippen LogP contribution < -0.4 is 4.74 Å². The van der Waals surface area contributed by atoms with Gasteiger partial charge in [0, 0.05) is 24.4 Å². The number of halogens is 1. The summed E-state index contributed by atoms with van der Waals surface area (Å²) in [5.74, 6) is 1.50. The quantitative estimate of drug-likeness (QED) is 0.165. The van der Waals surface area contributed by atoms with Crippen LogP contribution in [0.4, 0.5) is 4.39 Å². The molecule has 0 bridgehead atoms. The Kier molecular flexibility index (Phi) is 16.1. The van der Waals surface area contributed by atoms with Crippen molar-refractivity contribution in [3.63, 3.8) is 0 Å². The highest BCUT2D eigenvalue weighted by Crippen LogP contribution is 2.20. The zero-order valence-corrected chi connectivity index (χ0v) is 22.5. The third kappa shape index (κ3) is 13.6. The van der Waals surface area contributed by atoms with E-state index in [1.807, 2.05) is 36.7 Å². The van der Waals surface area contributed by atoms with Crippen molar-refractivity contribution in [3.05, 3.63) is 42.2 Å². The first-order valence-corrected chi connectivity index (χ1v) is 14.4. The molecule has 1 unspecified atom stereocenters. The van der Waals surface area contributed by atoms with E-state index in [2.05, 4.69) is 23.8 Å². The number of aryl methyl sites for hydroxylation is 1. The molecule has 196 valence electrons. The van der Waals surface area contributed by atoms with Crippen molar-refractivity contribution < 1.29 is 9.13 Å². The van der Waals surface area contributed by atoms with Gasteiger partial charge in [-0.2, -0.15) is 0 Å². The van der Waals surface area contributed by atoms with E-state index in [0.717, 1.165) is 36.4 Å². The van der Waals surface area contributed by atoms with Gasteiger partial charge in [-0.15, -0.1) is 0 Å². The number of unbranched alkanes of at least 4 members (excludes halogenated alkanes) is 12. The maximum absolute atomic E-state index is 13.7. The largest absolute Gasteiger partial charge is 0.493 e. The highest BCUT2D eigenvalue weighted by molar-refractivity contribution is 5.55. The second-order valence-electron chi connectivity index (χ2n) is 9.96. The van der Waals surface area contributed by atoms with Gasteiger partial charge >= 0.3 is 0 Å². The zero-order chi connectivity index (χ0) is 25.0. The van der Waals surface area contributed by atoms with Crippen LogP contribution in [-0.2, 0) is 6.42 Å². The van der Waals surface area contributed by atoms with Crippen molar-refractivity contribution in [2.75, 3.05) is 6.61 Å². The second kappa shape index (κ2) is 19.2. The Labute approximate surface area is 214 Å². The van der Waals surface area contributed by atoms with E-state index in [-0.39, 0.29) is 0 Å². The number of rotatable bonds is 21. The molecule has 4 heteroatoms. The molecule has 1 heterocycles. The number of ether oxygens (including phenoxy) is 1. The third-order valence-corrected chi connectivity index (χ3v) is 6.71. The monoisotopic (exact) mass is 484 g/mol. The molecule has 35 heavy (non-hydrogen) atoms. The smallest absolute Gasteiger partial charge is 0.159 e. The van der Waals surface area contributed by atoms with Crippen LogP contribution in [0.3, 0.4) is 0 Å². The fraction of sp³-hybridized carbons (Fsp3) is 0.677. The minimum absolute atomic E-state index is 0.411. The summed E-state index contributed by atoms with van der Waals surface area (Å²) in [6, 6.07) is 7.77. The summed E-state index contributed by atoms with van der Waals surface area (Å²) in [4.78, 5) is 9.13. The van der Waals surface area contributed by atoms with Crippen LogP contribution in [0.2, 0.25) is 0 Å². The number of nitrogens with zero attached hydrogens (tertiary/aromatic N) is 2. The van der Waals surface area contributed by atoms with Crippen molar-refractivity contribution in [3.8, 4) is 17.1 Å². The Morgan fingerprint density at radius 1 is 0.686 bits per heavy atom. The number of benzene rings is 1. The van der Waals surface area contributed by atoms with Crippen molar-refractivity contribution in [1.82, 2.24) is 9.97 Å². The van der Waals surface area contributed by atoms with Crippen LogP contribution in [0.15, 0.2) is 36.7 Å². The molecule has 2 aromatic rings. The third-order valence-electron chi connectivity index (χ3n) is 6.71. The number of aromatic nitrogens is 2. The molecule has 0 aliphatic heterocycles. The summed E-state index contributed by atoms with van der Waals surface area (Å²) in [7, 11) is 0. The van der Waals surface area contributed by atoms with Crippen LogP contribution >= 0.6 is 0 Å². The van der Waals surface area contributed by atoms with Crippen molar-refractivity contribution in [2.24, 2.45) is 0 Å². The Hall–Kier alpha value is -1.97. The summed E-state index contributed by atoms with van der Waals surface area (Å²) < 4.78 is 19.4. The average Bonchev–Trinajstić information content (AvgIpc) is 2.89. The molecule has 0 aliphatic carbocycles. The predicted molar refractivity (Wildman–Crippen MR) is 147 cm³/mol. The Balaban J connectivity index is 1.56. The van der Waals surface area contributed by atoms with E-state index in [1.54, 1.807) is 0 Å². The number of hydrogen-bond acceptors (Lipinski definition) is 3. The van der Waals surface area contributed by atoms with E-state index in [1.165, 1.54) is 82.6 Å². The van der Waals surface area contributed by atoms with Gasteiger partial charge in [-0.3, -0.25) is 0 Å². The standard InChI is InChI=1S/C31H49FN2O/c1-3-5-7-8-9-10-11-12-13-14-15-16-17-27-25-33-31(34-26-27)28-19-21-30(22-20-28)35-24-23-29(32)18-6-4-2/h19-22,25-26,29H,3-18,23-24H2,1-2H3. The van der Waals surface area contributed by atoms with Gasteiger partial charge in [0.25, 0.3) is 0 Å². The Morgan fingerprint density at radius 2 is 1.23 bits per heavy atom. The van der Waals surface area contributed by atoms with E-state index in [4.69, 9.17) is 4.74 Å². The maximum Gasteiger partial charge on any atom is 0.159 e. The fourth-order valence-corrected chi connectivity index (χ4v) is 4.38. The normalized spacial score (nSPS) is 12.1. The van der Waals surface area contributed by atoms with E-state index in [0.29, 0.717) is 19.4 Å². The molecule has 0 fully saturated rings. The van der Waals surface area contributed by atoms with Crippen LogP contribution in [0.5, 0.6) is 5.75 Å². The van der Waals surface area contributed by atoms with Gasteiger partial charge in [-0.05, 0) is 49.1 Å². The van der Waals surface area contributed by atoms with Gasteiger partial charge in [0.2, 0.25) is 0 Å². The number of hydrogen-bond donors (Lipinski definition) is 0. The highest BCUT2D eigenvalue weighted by atomic mass is 19.1. The topological polar surface area (TPSA) is 35.0 Å². The molecule has 1 aromatic carbocycles. The number of alkyl halides is 1. The first-order chi connectivity index (χ1) is 17.2. The molecule has 1 atom stereocenters. The maximum atomic E-state index is 13.7. The molecule has 0 radical (unpaired) electrons. The van der Waals surface area contributed by atoms with Gasteiger partial charge in [-0.25, -0.2) is 14.4 Å². The van der Waals surface area contributed by atoms with Gasteiger partial charge in [0.1, 0.15) is 11.9 Å². The van der Waals surface area contributed by atoms with Gasteiger partial charge in [0.05, 0.1) is 6.61 Å². The molecule has 0 aliphatic rings. The SMILES string of the molecule is CCCCCCCCCCCCCCc1cnc(-c2ccc(OCCC(F)CCCC)cc2)nc1. The minimum Gasteiger partial charge on any atom is -0.493 e. The highest BCUT2D eigenvalue weighted by Gasteiger charge is 2.07. The summed E-state index contributed by atoms with van der Waals surface area (Å²) in [6.07, 6.45) is 23.7. The molecule has 0 saturated heterocycles. The van der Waals surface area contributed by atoms with Crippen molar-refractivity contribution in [2.45, 2.75) is 129 Å². The second-order valence-corrected chi connectivity index (χ2v) is 9.96. The summed E-state index contributed by atoms with van der Waals surface area (Å²) in [5.41, 5.74) is 2.19. The lowest BCUT2D eigenvalue weighted by molar-refractivity contribution is 0.223. The molecule has 0 spiro atoms. The molecular weight excluding hydrogens is 435 g/mol. The predicted octanol–water partition coefficient (Wildman–Crippen LogP) is 9.68. The first-order valence-electron chi connectivity index (χ1n) is 14.4. The Bertz CT molecular complexity index is 748. The molecule has 2 rings (SSSR count). The molecule has 1 aromatic heterocycles. The average molecular weight is 485 g/mol. The molecular formula is C31H49FN2O. The van der Waals surface area contributed by atoms with Crippen molar-refractivity contribution in [1.29, 1.82) is 0 Å². The van der Waals surface area contributed by atoms with Crippen LogP contribution in [0, 0.1) is 0 Å². The van der Waals surface area contributed by atoms with Crippen LogP contribution in [-0.4, -0.2) is 22.7 Å². The summed E-state index contributed by atoms with van der Waals surface area (Å²) >= 11 is 0. The lowest BCUT2D eigenvalue weighted by atomic mass is 10.0. The summed E-state index contributed by atoms with van der Waals surface area (Å²) in [6.45, 7) is 4.78. The molecule has 0 saturated carbocycles. The van der Waals surface area contributed by atoms with Gasteiger partial charge in [0.15, 0.2) is 5.82 Å². The first kappa shape index (κ1) is 29.3. The molecule has 0 amide bonds. The van der Waals surface area contributed by atoms with Crippen LogP contribution in [0.25, 0.3) is 11.4 Å². The molecule has 0 N–H and O–H groups in total. The van der Waals surface area contributed by atoms with Gasteiger partial charge in [-0.1, -0.05) is 97.3 Å². The van der Waals surface area contributed by atoms with E-state index >= 15 is 0 Å². The van der Waals surface area contributed by atoms with Crippen LogP contribution in [0.1, 0.15) is 122 Å². The van der Waals surface area contributed by atoms with E-state index < -0.39 is 6.17 Å². The van der Waals surface area contributed by atoms with E-state index in [9.17, 15) is 4.39 Å². The minimum atomic E-state index is -0.768. The lowest BCUT2D eigenvalue weighted by Gasteiger charge is -2.10. The van der Waals surface area contributed by atoms with Gasteiger partial charge < -0.3 is 4.74 Å². The lowest BCUT2D eigenvalue weighted by Crippen LogP contribution is -2.07. The molecule has 3 nitrogen and oxygen atoms in total. The van der Waals surface area contributed by atoms with Crippen molar-refractivity contribution >= 4 is 0 Å². The summed E-state index contributed by atoms with van der Waals surface area (Å²) in [5, 5.41) is 0. The zero-order valence-electron chi connectivity index (χ0n) is 22.5. The Morgan fingerprint density at radius 3 is 1.80 bits per heavy atom. The fourth-order valence-electron chi connectivity index (χ4n) is 4.38.